The van der Waals surface area contributed by atoms with Crippen molar-refractivity contribution < 1.29 is 9.59 Å². The molecule has 0 radical (unpaired) electrons. The summed E-state index contributed by atoms with van der Waals surface area (Å²) in [5, 5.41) is 2.86. The molecule has 0 bridgehead atoms. The summed E-state index contributed by atoms with van der Waals surface area (Å²) in [7, 11) is 0. The van der Waals surface area contributed by atoms with E-state index in [1.807, 2.05) is 4.90 Å². The molecule has 1 aliphatic rings. The fourth-order valence-corrected chi connectivity index (χ4v) is 2.76. The van der Waals surface area contributed by atoms with Gasteiger partial charge in [0.05, 0.1) is 5.92 Å². The number of rotatable bonds is 6. The number of hydrogen-bond acceptors (Lipinski definition) is 3. The van der Waals surface area contributed by atoms with Crippen molar-refractivity contribution in [1.29, 1.82) is 0 Å². The van der Waals surface area contributed by atoms with Crippen LogP contribution in [-0.2, 0) is 9.59 Å². The van der Waals surface area contributed by atoms with Crippen LogP contribution in [0.2, 0.25) is 0 Å². The molecule has 21 heavy (non-hydrogen) atoms. The van der Waals surface area contributed by atoms with Gasteiger partial charge in [0.25, 0.3) is 0 Å². The first-order valence-electron chi connectivity index (χ1n) is 8.09. The highest BCUT2D eigenvalue weighted by atomic mass is 16.2. The molecule has 122 valence electrons. The van der Waals surface area contributed by atoms with Crippen LogP contribution in [-0.4, -0.2) is 42.9 Å². The maximum atomic E-state index is 12.1. The quantitative estimate of drug-likeness (QED) is 0.780. The van der Waals surface area contributed by atoms with Gasteiger partial charge < -0.3 is 16.0 Å². The molecule has 1 rings (SSSR count). The largest absolute Gasteiger partial charge is 0.355 e. The van der Waals surface area contributed by atoms with E-state index in [2.05, 4.69) is 26.1 Å². The summed E-state index contributed by atoms with van der Waals surface area (Å²) in [4.78, 5) is 26.0. The van der Waals surface area contributed by atoms with E-state index in [0.29, 0.717) is 19.5 Å². The molecule has 1 saturated heterocycles. The number of nitrogens with zero attached hydrogens (tertiary/aromatic N) is 1. The summed E-state index contributed by atoms with van der Waals surface area (Å²) in [6.45, 7) is 8.79. The molecule has 1 unspecified atom stereocenters. The Morgan fingerprint density at radius 2 is 1.81 bits per heavy atom. The summed E-state index contributed by atoms with van der Waals surface area (Å²) >= 11 is 0. The highest BCUT2D eigenvalue weighted by Crippen LogP contribution is 2.23. The van der Waals surface area contributed by atoms with E-state index in [-0.39, 0.29) is 23.1 Å². The lowest BCUT2D eigenvalue weighted by molar-refractivity contribution is -0.132. The molecule has 0 aromatic heterocycles. The third-order valence-electron chi connectivity index (χ3n) is 3.86. The van der Waals surface area contributed by atoms with Gasteiger partial charge in [-0.05, 0) is 31.1 Å². The van der Waals surface area contributed by atoms with Crippen molar-refractivity contribution in [3.8, 4) is 0 Å². The summed E-state index contributed by atoms with van der Waals surface area (Å²) in [5.41, 5.74) is 5.77. The zero-order valence-corrected chi connectivity index (χ0v) is 13.8. The Bertz CT molecular complexity index is 344. The zero-order valence-electron chi connectivity index (χ0n) is 13.8. The van der Waals surface area contributed by atoms with Crippen molar-refractivity contribution in [3.05, 3.63) is 0 Å². The molecule has 0 aromatic carbocycles. The molecule has 2 amide bonds. The second-order valence-corrected chi connectivity index (χ2v) is 7.18. The topological polar surface area (TPSA) is 75.4 Å². The van der Waals surface area contributed by atoms with Crippen molar-refractivity contribution in [1.82, 2.24) is 10.2 Å². The Morgan fingerprint density at radius 3 is 2.33 bits per heavy atom. The van der Waals surface area contributed by atoms with E-state index >= 15 is 0 Å². The van der Waals surface area contributed by atoms with Gasteiger partial charge in [0.2, 0.25) is 11.8 Å². The molecule has 0 aliphatic carbocycles. The van der Waals surface area contributed by atoms with Gasteiger partial charge >= 0.3 is 0 Å². The van der Waals surface area contributed by atoms with Crippen molar-refractivity contribution in [2.75, 3.05) is 26.2 Å². The molecular weight excluding hydrogens is 266 g/mol. The summed E-state index contributed by atoms with van der Waals surface area (Å²) < 4.78 is 0. The molecule has 0 spiro atoms. The molecule has 1 aliphatic heterocycles. The van der Waals surface area contributed by atoms with E-state index < -0.39 is 0 Å². The van der Waals surface area contributed by atoms with Gasteiger partial charge in [-0.2, -0.15) is 0 Å². The Balaban J connectivity index is 2.29. The Kier molecular flexibility index (Phi) is 7.15. The second-order valence-electron chi connectivity index (χ2n) is 7.18. The minimum absolute atomic E-state index is 0.0288. The van der Waals surface area contributed by atoms with Gasteiger partial charge in [0, 0.05) is 32.6 Å². The first-order chi connectivity index (χ1) is 9.83. The molecular formula is C16H31N3O2. The maximum absolute atomic E-state index is 12.1. The van der Waals surface area contributed by atoms with Crippen LogP contribution in [0.3, 0.4) is 0 Å². The number of amides is 2. The van der Waals surface area contributed by atoms with Crippen LogP contribution in [0.1, 0.15) is 52.9 Å². The fraction of sp³-hybridized carbons (Fsp3) is 0.875. The monoisotopic (exact) mass is 297 g/mol. The predicted molar refractivity (Wildman–Crippen MR) is 84.7 cm³/mol. The number of nitrogens with two attached hydrogens (primary N) is 1. The van der Waals surface area contributed by atoms with Crippen LogP contribution >= 0.6 is 0 Å². The third-order valence-corrected chi connectivity index (χ3v) is 3.86. The number of hydrogen-bond donors (Lipinski definition) is 2. The van der Waals surface area contributed by atoms with Crippen LogP contribution < -0.4 is 11.1 Å². The van der Waals surface area contributed by atoms with Crippen molar-refractivity contribution in [2.45, 2.75) is 52.9 Å². The SMILES string of the molecule is CC(C)(C)CC(CN)C(=O)NCCC(=O)N1CCCCC1. The highest BCUT2D eigenvalue weighted by molar-refractivity contribution is 5.80. The van der Waals surface area contributed by atoms with Crippen LogP contribution in [0.15, 0.2) is 0 Å². The summed E-state index contributed by atoms with van der Waals surface area (Å²) in [6, 6.07) is 0. The lowest BCUT2D eigenvalue weighted by Crippen LogP contribution is -2.40. The average molecular weight is 297 g/mol. The van der Waals surface area contributed by atoms with E-state index in [0.717, 1.165) is 32.4 Å². The molecule has 1 atom stereocenters. The van der Waals surface area contributed by atoms with Crippen LogP contribution in [0.5, 0.6) is 0 Å². The Morgan fingerprint density at radius 1 is 1.19 bits per heavy atom. The minimum atomic E-state index is -0.171. The molecule has 5 heteroatoms. The normalized spacial score (nSPS) is 17.4. The number of likely N-dealkylation sites (tertiary alicyclic amines) is 1. The molecule has 0 saturated carbocycles. The van der Waals surface area contributed by atoms with Crippen molar-refractivity contribution in [3.63, 3.8) is 0 Å². The van der Waals surface area contributed by atoms with E-state index in [1.54, 1.807) is 0 Å². The van der Waals surface area contributed by atoms with Crippen molar-refractivity contribution in [2.24, 2.45) is 17.1 Å². The van der Waals surface area contributed by atoms with Crippen LogP contribution in [0.25, 0.3) is 0 Å². The standard InChI is InChI=1S/C16H31N3O2/c1-16(2,3)11-13(12-17)15(21)18-8-7-14(20)19-9-5-4-6-10-19/h13H,4-12,17H2,1-3H3,(H,18,21). The van der Waals surface area contributed by atoms with E-state index in [1.165, 1.54) is 6.42 Å². The Labute approximate surface area is 128 Å². The number of piperidine rings is 1. The zero-order chi connectivity index (χ0) is 15.9. The first-order valence-corrected chi connectivity index (χ1v) is 8.09. The predicted octanol–water partition coefficient (Wildman–Crippen LogP) is 1.52. The van der Waals surface area contributed by atoms with Crippen LogP contribution in [0.4, 0.5) is 0 Å². The van der Waals surface area contributed by atoms with Gasteiger partial charge in [-0.15, -0.1) is 0 Å². The smallest absolute Gasteiger partial charge is 0.224 e. The fourth-order valence-electron chi connectivity index (χ4n) is 2.76. The molecule has 0 aromatic rings. The average Bonchev–Trinajstić information content (AvgIpc) is 2.44. The van der Waals surface area contributed by atoms with Gasteiger partial charge in [-0.25, -0.2) is 0 Å². The highest BCUT2D eigenvalue weighted by Gasteiger charge is 2.24. The summed E-state index contributed by atoms with van der Waals surface area (Å²) in [6.07, 6.45) is 4.55. The first kappa shape index (κ1) is 18.0. The number of carbonyl (C=O) groups is 2. The number of nitrogens with one attached hydrogen (secondary N) is 1. The van der Waals surface area contributed by atoms with Gasteiger partial charge in [0.15, 0.2) is 0 Å². The lowest BCUT2D eigenvalue weighted by atomic mass is 9.84. The molecule has 5 nitrogen and oxygen atoms in total. The van der Waals surface area contributed by atoms with E-state index in [4.69, 9.17) is 5.73 Å². The third kappa shape index (κ3) is 6.93. The van der Waals surface area contributed by atoms with Gasteiger partial charge in [-0.1, -0.05) is 20.8 Å². The van der Waals surface area contributed by atoms with Gasteiger partial charge in [0.1, 0.15) is 0 Å². The second kappa shape index (κ2) is 8.37. The lowest BCUT2D eigenvalue weighted by Gasteiger charge is -2.27. The summed E-state index contributed by atoms with van der Waals surface area (Å²) in [5.74, 6) is -0.0518. The number of carbonyl (C=O) groups excluding carboxylic acids is 2. The van der Waals surface area contributed by atoms with Crippen LogP contribution in [0, 0.1) is 11.3 Å². The Hall–Kier alpha value is -1.10. The van der Waals surface area contributed by atoms with Gasteiger partial charge in [-0.3, -0.25) is 9.59 Å². The molecule has 1 heterocycles. The maximum Gasteiger partial charge on any atom is 0.224 e. The molecule has 1 fully saturated rings. The molecule has 3 N–H and O–H groups in total. The van der Waals surface area contributed by atoms with Crippen molar-refractivity contribution >= 4 is 11.8 Å². The van der Waals surface area contributed by atoms with E-state index in [9.17, 15) is 9.59 Å². The minimum Gasteiger partial charge on any atom is -0.355 e.